The molecule has 0 fully saturated rings. The lowest BCUT2D eigenvalue weighted by atomic mass is 10.0. The largest absolute Gasteiger partial charge is 0.496 e. The van der Waals surface area contributed by atoms with Gasteiger partial charge >= 0.3 is 5.76 Å². The Bertz CT molecular complexity index is 1180. The molecule has 4 aromatic rings. The Kier molecular flexibility index (Phi) is 3.25. The summed E-state index contributed by atoms with van der Waals surface area (Å²) in [5.41, 5.74) is 5.76. The Hall–Kier alpha value is -3.28. The molecule has 1 aliphatic rings. The van der Waals surface area contributed by atoms with Crippen molar-refractivity contribution in [2.75, 3.05) is 7.11 Å². The molecule has 2 aromatic heterocycles. The molecule has 0 saturated carbocycles. The van der Waals surface area contributed by atoms with E-state index >= 15 is 0 Å². The molecule has 2 heterocycles. The molecule has 0 spiro atoms. The Morgan fingerprint density at radius 1 is 1.19 bits per heavy atom. The zero-order valence-electron chi connectivity index (χ0n) is 14.3. The fraction of sp³-hybridized carbons (Fsp3) is 0.200. The van der Waals surface area contributed by atoms with Crippen molar-refractivity contribution in [2.24, 2.45) is 0 Å². The summed E-state index contributed by atoms with van der Waals surface area (Å²) in [6.45, 7) is 0. The number of ether oxygens (including phenoxy) is 1. The fourth-order valence-electron chi connectivity index (χ4n) is 3.74. The number of H-pyrrole nitrogens is 1. The zero-order chi connectivity index (χ0) is 17.7. The van der Waals surface area contributed by atoms with E-state index in [-0.39, 0.29) is 0 Å². The third-order valence-corrected chi connectivity index (χ3v) is 4.98. The maximum Gasteiger partial charge on any atom is 0.417 e. The van der Waals surface area contributed by atoms with E-state index in [9.17, 15) is 4.79 Å². The van der Waals surface area contributed by atoms with Crippen LogP contribution in [0, 0.1) is 0 Å². The molecule has 0 saturated heterocycles. The smallest absolute Gasteiger partial charge is 0.417 e. The molecule has 0 bridgehead atoms. The molecule has 1 N–H and O–H groups in total. The molecular weight excluding hydrogens is 330 g/mol. The van der Waals surface area contributed by atoms with Crippen LogP contribution in [0.25, 0.3) is 28.2 Å². The molecule has 0 unspecified atom stereocenters. The van der Waals surface area contributed by atoms with Gasteiger partial charge in [-0.05, 0) is 54.7 Å². The van der Waals surface area contributed by atoms with Crippen molar-refractivity contribution in [1.82, 2.24) is 14.5 Å². The minimum atomic E-state index is -0.455. The molecule has 6 heteroatoms. The van der Waals surface area contributed by atoms with E-state index in [0.717, 1.165) is 35.7 Å². The SMILES string of the molecule is COc1cc2c(cc1-c1nccn1-c1ccc3[nH]c(=O)oc3c1)CCC2. The molecule has 130 valence electrons. The van der Waals surface area contributed by atoms with Crippen LogP contribution >= 0.6 is 0 Å². The molecule has 0 amide bonds. The number of nitrogens with zero attached hydrogens (tertiary/aromatic N) is 2. The molecule has 0 radical (unpaired) electrons. The van der Waals surface area contributed by atoms with Gasteiger partial charge in [0.15, 0.2) is 5.58 Å². The molecule has 2 aromatic carbocycles. The number of imidazole rings is 1. The number of fused-ring (bicyclic) bond motifs is 2. The number of nitrogens with one attached hydrogen (secondary N) is 1. The fourth-order valence-corrected chi connectivity index (χ4v) is 3.74. The summed E-state index contributed by atoms with van der Waals surface area (Å²) in [5, 5.41) is 0. The minimum absolute atomic E-state index is 0.455. The monoisotopic (exact) mass is 347 g/mol. The van der Waals surface area contributed by atoms with Crippen LogP contribution in [0.1, 0.15) is 17.5 Å². The zero-order valence-corrected chi connectivity index (χ0v) is 14.3. The molecule has 0 atom stereocenters. The van der Waals surface area contributed by atoms with Gasteiger partial charge in [-0.15, -0.1) is 0 Å². The van der Waals surface area contributed by atoms with Crippen molar-refractivity contribution in [2.45, 2.75) is 19.3 Å². The quantitative estimate of drug-likeness (QED) is 0.616. The van der Waals surface area contributed by atoms with Gasteiger partial charge in [-0.2, -0.15) is 0 Å². The number of rotatable bonds is 3. The first-order valence-electron chi connectivity index (χ1n) is 8.60. The Labute approximate surface area is 149 Å². The number of methoxy groups -OCH3 is 1. The van der Waals surface area contributed by atoms with Crippen LogP contribution in [0.4, 0.5) is 0 Å². The highest BCUT2D eigenvalue weighted by Gasteiger charge is 2.19. The molecule has 26 heavy (non-hydrogen) atoms. The predicted molar refractivity (Wildman–Crippen MR) is 98.0 cm³/mol. The van der Waals surface area contributed by atoms with Crippen molar-refractivity contribution in [1.29, 1.82) is 0 Å². The molecule has 5 rings (SSSR count). The molecule has 0 aliphatic heterocycles. The van der Waals surface area contributed by atoms with Crippen LogP contribution in [-0.4, -0.2) is 21.6 Å². The van der Waals surface area contributed by atoms with E-state index in [4.69, 9.17) is 9.15 Å². The van der Waals surface area contributed by atoms with Crippen molar-refractivity contribution >= 4 is 11.1 Å². The van der Waals surface area contributed by atoms with Crippen LogP contribution < -0.4 is 10.5 Å². The van der Waals surface area contributed by atoms with Gasteiger partial charge < -0.3 is 9.15 Å². The van der Waals surface area contributed by atoms with E-state index < -0.39 is 5.76 Å². The first kappa shape index (κ1) is 15.0. The number of hydrogen-bond donors (Lipinski definition) is 1. The first-order valence-corrected chi connectivity index (χ1v) is 8.60. The first-order chi connectivity index (χ1) is 12.7. The topological polar surface area (TPSA) is 73.1 Å². The van der Waals surface area contributed by atoms with Crippen LogP contribution in [0.15, 0.2) is 51.9 Å². The standard InChI is InChI=1S/C20H17N3O3/c1-25-17-10-13-4-2-3-12(13)9-15(17)19-21-7-8-23(19)14-5-6-16-18(11-14)26-20(24)22-16/h5-11H,2-4H2,1H3,(H,22,24). The highest BCUT2D eigenvalue weighted by atomic mass is 16.5. The minimum Gasteiger partial charge on any atom is -0.496 e. The highest BCUT2D eigenvalue weighted by molar-refractivity contribution is 5.76. The highest BCUT2D eigenvalue weighted by Crippen LogP contribution is 2.36. The van der Waals surface area contributed by atoms with Crippen molar-refractivity contribution in [3.63, 3.8) is 0 Å². The maximum absolute atomic E-state index is 11.4. The average Bonchev–Trinajstić information content (AvgIpc) is 3.37. The lowest BCUT2D eigenvalue weighted by Crippen LogP contribution is -1.99. The van der Waals surface area contributed by atoms with Crippen LogP contribution in [0.3, 0.4) is 0 Å². The van der Waals surface area contributed by atoms with E-state index in [1.165, 1.54) is 17.5 Å². The number of aromatic nitrogens is 3. The second-order valence-corrected chi connectivity index (χ2v) is 6.49. The number of aromatic amines is 1. The third-order valence-electron chi connectivity index (χ3n) is 4.98. The second kappa shape index (κ2) is 5.62. The van der Waals surface area contributed by atoms with Gasteiger partial charge in [0.25, 0.3) is 0 Å². The summed E-state index contributed by atoms with van der Waals surface area (Å²) in [5.74, 6) is 1.17. The van der Waals surface area contributed by atoms with Crippen LogP contribution in [0.2, 0.25) is 0 Å². The number of oxazole rings is 1. The van der Waals surface area contributed by atoms with E-state index in [1.807, 2.05) is 29.0 Å². The predicted octanol–water partition coefficient (Wildman–Crippen LogP) is 3.47. The Morgan fingerprint density at radius 3 is 2.88 bits per heavy atom. The van der Waals surface area contributed by atoms with E-state index in [0.29, 0.717) is 11.1 Å². The van der Waals surface area contributed by atoms with Crippen LogP contribution in [-0.2, 0) is 12.8 Å². The van der Waals surface area contributed by atoms with Gasteiger partial charge in [-0.25, -0.2) is 9.78 Å². The van der Waals surface area contributed by atoms with E-state index in [1.54, 1.807) is 13.3 Å². The lowest BCUT2D eigenvalue weighted by Gasteiger charge is -2.13. The number of aryl methyl sites for hydroxylation is 2. The normalized spacial score (nSPS) is 13.3. The van der Waals surface area contributed by atoms with Gasteiger partial charge in [0.05, 0.1) is 23.9 Å². The van der Waals surface area contributed by atoms with Gasteiger partial charge in [0.2, 0.25) is 0 Å². The molecular formula is C20H17N3O3. The van der Waals surface area contributed by atoms with E-state index in [2.05, 4.69) is 22.1 Å². The van der Waals surface area contributed by atoms with Gasteiger partial charge in [-0.1, -0.05) is 0 Å². The summed E-state index contributed by atoms with van der Waals surface area (Å²) < 4.78 is 12.8. The van der Waals surface area contributed by atoms with Crippen molar-refractivity contribution in [3.05, 3.63) is 64.4 Å². The molecule has 1 aliphatic carbocycles. The summed E-state index contributed by atoms with van der Waals surface area (Å²) in [7, 11) is 1.69. The Morgan fingerprint density at radius 2 is 2.04 bits per heavy atom. The second-order valence-electron chi connectivity index (χ2n) is 6.49. The van der Waals surface area contributed by atoms with Crippen molar-refractivity contribution < 1.29 is 9.15 Å². The van der Waals surface area contributed by atoms with Gasteiger partial charge in [-0.3, -0.25) is 9.55 Å². The Balaban J connectivity index is 1.68. The summed E-state index contributed by atoms with van der Waals surface area (Å²) in [6, 6.07) is 9.91. The van der Waals surface area contributed by atoms with Gasteiger partial charge in [0.1, 0.15) is 11.6 Å². The number of benzene rings is 2. The average molecular weight is 347 g/mol. The summed E-state index contributed by atoms with van der Waals surface area (Å²) in [6.07, 6.45) is 7.03. The third kappa shape index (κ3) is 2.26. The summed E-state index contributed by atoms with van der Waals surface area (Å²) >= 11 is 0. The number of hydrogen-bond acceptors (Lipinski definition) is 4. The van der Waals surface area contributed by atoms with Crippen molar-refractivity contribution in [3.8, 4) is 22.8 Å². The van der Waals surface area contributed by atoms with Gasteiger partial charge in [0, 0.05) is 18.5 Å². The van der Waals surface area contributed by atoms with Crippen LogP contribution in [0.5, 0.6) is 5.75 Å². The molecule has 6 nitrogen and oxygen atoms in total. The summed E-state index contributed by atoms with van der Waals surface area (Å²) in [4.78, 5) is 18.6. The maximum atomic E-state index is 11.4. The lowest BCUT2D eigenvalue weighted by molar-refractivity contribution is 0.415.